The number of rotatable bonds is 3. The molecule has 5 rings (SSSR count). The highest BCUT2D eigenvalue weighted by Crippen LogP contribution is 2.33. The number of aromatic amines is 1. The first-order chi connectivity index (χ1) is 14.5. The fourth-order valence-corrected chi connectivity index (χ4v) is 4.82. The van der Waals surface area contributed by atoms with Gasteiger partial charge < -0.3 is 20.5 Å². The van der Waals surface area contributed by atoms with Crippen LogP contribution in [0.25, 0.3) is 5.65 Å². The SMILES string of the molecule is Cc1cn2nc([C@@H]3CCCCN3C(=O)c3[nH]ccc3Cl)cc2nc1N1CC[C@H](N)C1. The van der Waals surface area contributed by atoms with Crippen LogP contribution in [-0.4, -0.2) is 56.1 Å². The summed E-state index contributed by atoms with van der Waals surface area (Å²) in [6, 6.07) is 3.82. The van der Waals surface area contributed by atoms with Crippen LogP contribution in [0.15, 0.2) is 24.5 Å². The third-order valence-corrected chi connectivity index (χ3v) is 6.48. The number of piperidine rings is 1. The number of nitrogens with one attached hydrogen (secondary N) is 1. The second kappa shape index (κ2) is 7.59. The molecule has 158 valence electrons. The molecule has 0 aromatic carbocycles. The molecule has 0 bridgehead atoms. The maximum Gasteiger partial charge on any atom is 0.272 e. The van der Waals surface area contributed by atoms with Crippen LogP contribution in [0.1, 0.15) is 53.5 Å². The summed E-state index contributed by atoms with van der Waals surface area (Å²) in [4.78, 5) is 25.1. The van der Waals surface area contributed by atoms with Crippen LogP contribution in [0, 0.1) is 6.92 Å². The first kappa shape index (κ1) is 19.4. The topological polar surface area (TPSA) is 95.5 Å². The lowest BCUT2D eigenvalue weighted by atomic mass is 9.99. The molecular weight excluding hydrogens is 402 g/mol. The van der Waals surface area contributed by atoms with E-state index in [0.29, 0.717) is 17.3 Å². The van der Waals surface area contributed by atoms with Crippen molar-refractivity contribution in [3.63, 3.8) is 0 Å². The number of nitrogens with zero attached hydrogens (tertiary/aromatic N) is 5. The molecule has 2 aliphatic heterocycles. The summed E-state index contributed by atoms with van der Waals surface area (Å²) in [7, 11) is 0. The van der Waals surface area contributed by atoms with Crippen molar-refractivity contribution in [2.75, 3.05) is 24.5 Å². The van der Waals surface area contributed by atoms with Crippen molar-refractivity contribution in [2.24, 2.45) is 5.73 Å². The van der Waals surface area contributed by atoms with E-state index in [0.717, 1.165) is 61.5 Å². The smallest absolute Gasteiger partial charge is 0.272 e. The standard InChI is InChI=1S/C21H26ClN7O/c1-13-11-29-18(25-20(13)27-9-6-14(23)12-27)10-16(26-29)17-4-2-3-8-28(17)21(30)19-15(22)5-7-24-19/h5,7,10-11,14,17,24H,2-4,6,8-9,12,23H2,1H3/t14-,17-/m0/s1. The zero-order valence-electron chi connectivity index (χ0n) is 17.0. The van der Waals surface area contributed by atoms with Gasteiger partial charge in [0.25, 0.3) is 5.91 Å². The summed E-state index contributed by atoms with van der Waals surface area (Å²) >= 11 is 6.20. The number of hydrogen-bond donors (Lipinski definition) is 2. The van der Waals surface area contributed by atoms with Crippen LogP contribution in [-0.2, 0) is 0 Å². The molecule has 30 heavy (non-hydrogen) atoms. The number of anilines is 1. The highest BCUT2D eigenvalue weighted by Gasteiger charge is 2.32. The van der Waals surface area contributed by atoms with E-state index in [4.69, 9.17) is 27.4 Å². The highest BCUT2D eigenvalue weighted by molar-refractivity contribution is 6.33. The minimum atomic E-state index is -0.0868. The molecule has 3 aromatic rings. The molecule has 9 heteroatoms. The Morgan fingerprint density at radius 3 is 2.90 bits per heavy atom. The second-order valence-electron chi connectivity index (χ2n) is 8.32. The van der Waals surface area contributed by atoms with E-state index in [9.17, 15) is 4.79 Å². The summed E-state index contributed by atoms with van der Waals surface area (Å²) in [5.74, 6) is 0.888. The van der Waals surface area contributed by atoms with Crippen LogP contribution >= 0.6 is 11.6 Å². The molecule has 2 saturated heterocycles. The van der Waals surface area contributed by atoms with E-state index < -0.39 is 0 Å². The molecule has 2 aliphatic rings. The Hall–Kier alpha value is -2.58. The summed E-state index contributed by atoms with van der Waals surface area (Å²) in [5.41, 5.74) is 9.26. The van der Waals surface area contributed by atoms with Gasteiger partial charge in [-0.2, -0.15) is 5.10 Å². The summed E-state index contributed by atoms with van der Waals surface area (Å²) in [6.07, 6.45) is 7.60. The van der Waals surface area contributed by atoms with Crippen LogP contribution in [0.2, 0.25) is 5.02 Å². The molecule has 1 amide bonds. The van der Waals surface area contributed by atoms with Gasteiger partial charge in [0.05, 0.1) is 16.8 Å². The molecule has 5 heterocycles. The van der Waals surface area contributed by atoms with Gasteiger partial charge in [0.15, 0.2) is 5.65 Å². The van der Waals surface area contributed by atoms with Gasteiger partial charge in [0, 0.05) is 49.7 Å². The number of likely N-dealkylation sites (tertiary alicyclic amines) is 1. The molecule has 3 aromatic heterocycles. The zero-order valence-corrected chi connectivity index (χ0v) is 17.8. The van der Waals surface area contributed by atoms with Crippen LogP contribution in [0.4, 0.5) is 5.82 Å². The Balaban J connectivity index is 1.48. The number of halogens is 1. The van der Waals surface area contributed by atoms with Gasteiger partial charge in [-0.05, 0) is 38.7 Å². The second-order valence-corrected chi connectivity index (χ2v) is 8.73. The molecule has 0 unspecified atom stereocenters. The van der Waals surface area contributed by atoms with Crippen molar-refractivity contribution >= 4 is 29.0 Å². The van der Waals surface area contributed by atoms with Crippen LogP contribution in [0.5, 0.6) is 0 Å². The Morgan fingerprint density at radius 2 is 2.17 bits per heavy atom. The Morgan fingerprint density at radius 1 is 1.30 bits per heavy atom. The average molecular weight is 428 g/mol. The molecular formula is C21H26ClN7O. The molecule has 0 saturated carbocycles. The van der Waals surface area contributed by atoms with Gasteiger partial charge in [-0.15, -0.1) is 0 Å². The monoisotopic (exact) mass is 427 g/mol. The average Bonchev–Trinajstić information content (AvgIpc) is 3.46. The van der Waals surface area contributed by atoms with E-state index in [1.54, 1.807) is 12.3 Å². The lowest BCUT2D eigenvalue weighted by molar-refractivity contribution is 0.0600. The number of carbonyl (C=O) groups is 1. The fraction of sp³-hybridized carbons (Fsp3) is 0.476. The van der Waals surface area contributed by atoms with Crippen molar-refractivity contribution in [1.82, 2.24) is 24.5 Å². The zero-order chi connectivity index (χ0) is 20.8. The molecule has 2 fully saturated rings. The molecule has 0 spiro atoms. The number of carbonyl (C=O) groups excluding carboxylic acids is 1. The predicted molar refractivity (Wildman–Crippen MR) is 116 cm³/mol. The highest BCUT2D eigenvalue weighted by atomic mass is 35.5. The Labute approximate surface area is 180 Å². The van der Waals surface area contributed by atoms with Gasteiger partial charge in [-0.3, -0.25) is 4.79 Å². The van der Waals surface area contributed by atoms with E-state index in [2.05, 4.69) is 16.8 Å². The number of H-pyrrole nitrogens is 1. The van der Waals surface area contributed by atoms with E-state index in [1.807, 2.05) is 21.7 Å². The number of nitrogens with two attached hydrogens (primary N) is 1. The van der Waals surface area contributed by atoms with Gasteiger partial charge in [-0.1, -0.05) is 11.6 Å². The normalized spacial score (nSPS) is 22.2. The van der Waals surface area contributed by atoms with Crippen LogP contribution < -0.4 is 10.6 Å². The third-order valence-electron chi connectivity index (χ3n) is 6.16. The fourth-order valence-electron chi connectivity index (χ4n) is 4.62. The van der Waals surface area contributed by atoms with E-state index >= 15 is 0 Å². The van der Waals surface area contributed by atoms with Gasteiger partial charge >= 0.3 is 0 Å². The Kier molecular flexibility index (Phi) is 4.91. The van der Waals surface area contributed by atoms with Crippen LogP contribution in [0.3, 0.4) is 0 Å². The van der Waals surface area contributed by atoms with Gasteiger partial charge in [-0.25, -0.2) is 9.50 Å². The third kappa shape index (κ3) is 3.33. The molecule has 8 nitrogen and oxygen atoms in total. The first-order valence-electron chi connectivity index (χ1n) is 10.5. The summed E-state index contributed by atoms with van der Waals surface area (Å²) in [5, 5.41) is 5.24. The van der Waals surface area contributed by atoms with Crippen molar-refractivity contribution < 1.29 is 4.79 Å². The molecule has 0 radical (unpaired) electrons. The number of hydrogen-bond acceptors (Lipinski definition) is 5. The molecule has 3 N–H and O–H groups in total. The number of aryl methyl sites for hydroxylation is 1. The lowest BCUT2D eigenvalue weighted by Gasteiger charge is -2.34. The van der Waals surface area contributed by atoms with Crippen molar-refractivity contribution in [2.45, 2.75) is 44.7 Å². The molecule has 2 atom stereocenters. The summed E-state index contributed by atoms with van der Waals surface area (Å²) in [6.45, 7) is 4.49. The minimum Gasteiger partial charge on any atom is -0.356 e. The van der Waals surface area contributed by atoms with Crippen molar-refractivity contribution in [3.05, 3.63) is 46.5 Å². The van der Waals surface area contributed by atoms with Gasteiger partial charge in [0.2, 0.25) is 0 Å². The Bertz CT molecular complexity index is 1090. The maximum absolute atomic E-state index is 13.1. The van der Waals surface area contributed by atoms with E-state index in [1.165, 1.54) is 0 Å². The number of amides is 1. The minimum absolute atomic E-state index is 0.0809. The van der Waals surface area contributed by atoms with E-state index in [-0.39, 0.29) is 18.0 Å². The summed E-state index contributed by atoms with van der Waals surface area (Å²) < 4.78 is 1.82. The first-order valence-corrected chi connectivity index (χ1v) is 10.9. The lowest BCUT2D eigenvalue weighted by Crippen LogP contribution is -2.39. The number of fused-ring (bicyclic) bond motifs is 1. The van der Waals surface area contributed by atoms with Crippen molar-refractivity contribution in [1.29, 1.82) is 0 Å². The quantitative estimate of drug-likeness (QED) is 0.670. The molecule has 0 aliphatic carbocycles. The van der Waals surface area contributed by atoms with Gasteiger partial charge in [0.1, 0.15) is 11.5 Å². The van der Waals surface area contributed by atoms with Crippen molar-refractivity contribution in [3.8, 4) is 0 Å². The predicted octanol–water partition coefficient (Wildman–Crippen LogP) is 2.92. The largest absolute Gasteiger partial charge is 0.356 e. The maximum atomic E-state index is 13.1. The number of aromatic nitrogens is 4.